The molecule has 3 rings (SSSR count). The third kappa shape index (κ3) is 6.46. The number of carbonyl (C=O) groups excluding carboxylic acids is 1. The van der Waals surface area contributed by atoms with Gasteiger partial charge in [-0.05, 0) is 82.9 Å². The summed E-state index contributed by atoms with van der Waals surface area (Å²) in [6.45, 7) is 3.67. The van der Waals surface area contributed by atoms with Crippen LogP contribution in [-0.4, -0.2) is 24.5 Å². The average molecular weight is 536 g/mol. The maximum atomic E-state index is 12.4. The van der Waals surface area contributed by atoms with E-state index in [0.717, 1.165) is 11.1 Å². The number of non-ortho nitro benzene ring substituents is 1. The number of allylic oxidation sites excluding steroid dienone is 1. The van der Waals surface area contributed by atoms with Gasteiger partial charge < -0.3 is 14.8 Å². The van der Waals surface area contributed by atoms with Gasteiger partial charge in [-0.2, -0.15) is 5.26 Å². The normalized spacial score (nSPS) is 10.9. The number of nitriles is 1. The zero-order valence-electron chi connectivity index (χ0n) is 19.3. The molecule has 3 aromatic carbocycles. The lowest BCUT2D eigenvalue weighted by atomic mass is 10.0. The molecule has 0 fully saturated rings. The molecule has 0 heterocycles. The number of hydrogen-bond donors (Lipinski definition) is 1. The molecular formula is C26H22BrN3O5. The predicted molar refractivity (Wildman–Crippen MR) is 137 cm³/mol. The summed E-state index contributed by atoms with van der Waals surface area (Å²) < 4.78 is 11.7. The van der Waals surface area contributed by atoms with E-state index in [1.165, 1.54) is 31.4 Å². The SMILES string of the molecule is COc1cc(/C=C(\C#N)c2ccc([N+](=O)[O-])cc2)cc(Br)c1OCC(=O)Nc1ccc(C)cc1C. The molecule has 0 aliphatic heterocycles. The number of hydrogen-bond acceptors (Lipinski definition) is 6. The number of halogens is 1. The Morgan fingerprint density at radius 1 is 1.17 bits per heavy atom. The van der Waals surface area contributed by atoms with Crippen LogP contribution >= 0.6 is 15.9 Å². The Morgan fingerprint density at radius 2 is 1.89 bits per heavy atom. The molecule has 0 bridgehead atoms. The summed E-state index contributed by atoms with van der Waals surface area (Å²) >= 11 is 3.45. The molecule has 1 N–H and O–H groups in total. The van der Waals surface area contributed by atoms with Crippen molar-refractivity contribution in [2.45, 2.75) is 13.8 Å². The minimum Gasteiger partial charge on any atom is -0.493 e. The molecule has 0 unspecified atom stereocenters. The number of nitro benzene ring substituents is 1. The van der Waals surface area contributed by atoms with Gasteiger partial charge in [0.1, 0.15) is 0 Å². The molecular weight excluding hydrogens is 514 g/mol. The van der Waals surface area contributed by atoms with Crippen LogP contribution in [0.2, 0.25) is 0 Å². The smallest absolute Gasteiger partial charge is 0.269 e. The Bertz CT molecular complexity index is 1340. The molecule has 9 heteroatoms. The molecule has 0 saturated carbocycles. The lowest BCUT2D eigenvalue weighted by Crippen LogP contribution is -2.21. The number of carbonyl (C=O) groups is 1. The number of nitrogens with one attached hydrogen (secondary N) is 1. The zero-order valence-corrected chi connectivity index (χ0v) is 20.9. The van der Waals surface area contributed by atoms with E-state index in [2.05, 4.69) is 27.3 Å². The third-order valence-corrected chi connectivity index (χ3v) is 5.66. The van der Waals surface area contributed by atoms with Crippen molar-refractivity contribution in [2.75, 3.05) is 19.0 Å². The van der Waals surface area contributed by atoms with Gasteiger partial charge in [0.2, 0.25) is 0 Å². The minimum absolute atomic E-state index is 0.0569. The van der Waals surface area contributed by atoms with Crippen LogP contribution in [0, 0.1) is 35.3 Å². The van der Waals surface area contributed by atoms with Gasteiger partial charge in [0.25, 0.3) is 11.6 Å². The summed E-state index contributed by atoms with van der Waals surface area (Å²) in [7, 11) is 1.47. The second kappa shape index (κ2) is 11.3. The Balaban J connectivity index is 1.78. The average Bonchev–Trinajstić information content (AvgIpc) is 2.83. The quantitative estimate of drug-likeness (QED) is 0.162. The van der Waals surface area contributed by atoms with E-state index in [1.54, 1.807) is 18.2 Å². The van der Waals surface area contributed by atoms with Crippen molar-refractivity contribution in [3.8, 4) is 17.6 Å². The summed E-state index contributed by atoms with van der Waals surface area (Å²) in [5, 5.41) is 23.3. The van der Waals surface area contributed by atoms with Crippen LogP contribution in [0.5, 0.6) is 11.5 Å². The van der Waals surface area contributed by atoms with Crippen molar-refractivity contribution < 1.29 is 19.2 Å². The highest BCUT2D eigenvalue weighted by Crippen LogP contribution is 2.37. The van der Waals surface area contributed by atoms with E-state index in [-0.39, 0.29) is 18.2 Å². The van der Waals surface area contributed by atoms with Crippen molar-refractivity contribution in [3.05, 3.63) is 91.4 Å². The standard InChI is InChI=1S/C26H22BrN3O5/c1-16-4-9-23(17(2)10-16)29-25(31)15-35-26-22(27)12-18(13-24(26)34-3)11-20(14-28)19-5-7-21(8-6-19)30(32)33/h4-13H,15H2,1-3H3,(H,29,31)/b20-11+. The molecule has 8 nitrogen and oxygen atoms in total. The van der Waals surface area contributed by atoms with Gasteiger partial charge in [0.05, 0.1) is 28.1 Å². The molecule has 0 saturated heterocycles. The highest BCUT2D eigenvalue weighted by atomic mass is 79.9. The van der Waals surface area contributed by atoms with Crippen molar-refractivity contribution >= 4 is 44.9 Å². The number of nitro groups is 1. The van der Waals surface area contributed by atoms with Gasteiger partial charge in [-0.3, -0.25) is 14.9 Å². The minimum atomic E-state index is -0.498. The number of benzene rings is 3. The van der Waals surface area contributed by atoms with Gasteiger partial charge in [-0.15, -0.1) is 0 Å². The Labute approximate surface area is 211 Å². The molecule has 3 aromatic rings. The van der Waals surface area contributed by atoms with Crippen molar-refractivity contribution in [2.24, 2.45) is 0 Å². The summed E-state index contributed by atoms with van der Waals surface area (Å²) in [6, 6.07) is 17.0. The van der Waals surface area contributed by atoms with Crippen LogP contribution in [0.3, 0.4) is 0 Å². The van der Waals surface area contributed by atoms with Crippen LogP contribution in [0.4, 0.5) is 11.4 Å². The molecule has 0 spiro atoms. The maximum Gasteiger partial charge on any atom is 0.269 e. The molecule has 0 atom stereocenters. The molecule has 0 aliphatic carbocycles. The van der Waals surface area contributed by atoms with Crippen LogP contribution in [0.1, 0.15) is 22.3 Å². The number of ether oxygens (including phenoxy) is 2. The van der Waals surface area contributed by atoms with Crippen LogP contribution in [0.15, 0.2) is 59.1 Å². The van der Waals surface area contributed by atoms with Crippen molar-refractivity contribution in [3.63, 3.8) is 0 Å². The van der Waals surface area contributed by atoms with Gasteiger partial charge in [0, 0.05) is 17.8 Å². The van der Waals surface area contributed by atoms with E-state index in [4.69, 9.17) is 9.47 Å². The van der Waals surface area contributed by atoms with E-state index < -0.39 is 4.92 Å². The largest absolute Gasteiger partial charge is 0.493 e. The predicted octanol–water partition coefficient (Wildman–Crippen LogP) is 6.06. The van der Waals surface area contributed by atoms with E-state index in [9.17, 15) is 20.2 Å². The van der Waals surface area contributed by atoms with Crippen LogP contribution in [-0.2, 0) is 4.79 Å². The van der Waals surface area contributed by atoms with Gasteiger partial charge in [-0.25, -0.2) is 0 Å². The second-order valence-electron chi connectivity index (χ2n) is 7.66. The highest BCUT2D eigenvalue weighted by Gasteiger charge is 2.15. The van der Waals surface area contributed by atoms with Gasteiger partial charge in [0.15, 0.2) is 18.1 Å². The zero-order chi connectivity index (χ0) is 25.5. The number of nitrogens with zero attached hydrogens (tertiary/aromatic N) is 2. The number of anilines is 1. The number of amides is 1. The van der Waals surface area contributed by atoms with Crippen molar-refractivity contribution in [1.82, 2.24) is 0 Å². The maximum absolute atomic E-state index is 12.4. The first-order chi connectivity index (χ1) is 16.7. The van der Waals surface area contributed by atoms with E-state index >= 15 is 0 Å². The Hall–Kier alpha value is -4.16. The number of aryl methyl sites for hydroxylation is 2. The van der Waals surface area contributed by atoms with Gasteiger partial charge in [-0.1, -0.05) is 17.7 Å². The Morgan fingerprint density at radius 3 is 2.49 bits per heavy atom. The van der Waals surface area contributed by atoms with Crippen molar-refractivity contribution in [1.29, 1.82) is 5.26 Å². The molecule has 35 heavy (non-hydrogen) atoms. The van der Waals surface area contributed by atoms with Gasteiger partial charge >= 0.3 is 0 Å². The number of methoxy groups -OCH3 is 1. The number of rotatable bonds is 8. The molecule has 1 amide bonds. The van der Waals surface area contributed by atoms with Crippen LogP contribution < -0.4 is 14.8 Å². The summed E-state index contributed by atoms with van der Waals surface area (Å²) in [4.78, 5) is 22.8. The Kier molecular flexibility index (Phi) is 8.23. The first kappa shape index (κ1) is 25.5. The first-order valence-corrected chi connectivity index (χ1v) is 11.2. The van der Waals surface area contributed by atoms with Crippen LogP contribution in [0.25, 0.3) is 11.6 Å². The fourth-order valence-corrected chi connectivity index (χ4v) is 3.92. The monoisotopic (exact) mass is 535 g/mol. The van der Waals surface area contributed by atoms with E-state index in [1.807, 2.05) is 32.0 Å². The topological polar surface area (TPSA) is 114 Å². The van der Waals surface area contributed by atoms with E-state index in [0.29, 0.717) is 38.4 Å². The summed E-state index contributed by atoms with van der Waals surface area (Å²) in [5.41, 5.74) is 4.20. The third-order valence-electron chi connectivity index (χ3n) is 5.08. The highest BCUT2D eigenvalue weighted by molar-refractivity contribution is 9.10. The molecule has 178 valence electrons. The fraction of sp³-hybridized carbons (Fsp3) is 0.154. The molecule has 0 aromatic heterocycles. The molecule has 0 radical (unpaired) electrons. The first-order valence-electron chi connectivity index (χ1n) is 10.5. The summed E-state index contributed by atoms with van der Waals surface area (Å²) in [6.07, 6.45) is 1.63. The lowest BCUT2D eigenvalue weighted by Gasteiger charge is -2.14. The fourth-order valence-electron chi connectivity index (χ4n) is 3.35. The second-order valence-corrected chi connectivity index (χ2v) is 8.52. The molecule has 0 aliphatic rings. The lowest BCUT2D eigenvalue weighted by molar-refractivity contribution is -0.384. The summed E-state index contributed by atoms with van der Waals surface area (Å²) in [5.74, 6) is 0.389.